The lowest BCUT2D eigenvalue weighted by Gasteiger charge is -2.11. The van der Waals surface area contributed by atoms with E-state index in [0.717, 1.165) is 5.56 Å². The summed E-state index contributed by atoms with van der Waals surface area (Å²) in [5, 5.41) is 17.2. The summed E-state index contributed by atoms with van der Waals surface area (Å²) in [6, 6.07) is 11.6. The van der Waals surface area contributed by atoms with Crippen molar-refractivity contribution >= 4 is 11.8 Å². The minimum Gasteiger partial charge on any atom is -0.479 e. The Balaban J connectivity index is 2.70. The van der Waals surface area contributed by atoms with Gasteiger partial charge in [0.1, 0.15) is 11.8 Å². The zero-order valence-electron chi connectivity index (χ0n) is 9.01. The molecule has 0 aliphatic carbocycles. The van der Waals surface area contributed by atoms with Crippen molar-refractivity contribution in [3.05, 3.63) is 29.8 Å². The molecule has 0 N–H and O–H groups in total. The maximum absolute atomic E-state index is 8.68. The number of nitrogens with zero attached hydrogens (tertiary/aromatic N) is 2. The van der Waals surface area contributed by atoms with E-state index in [1.54, 1.807) is 11.8 Å². The second kappa shape index (κ2) is 6.76. The Kier molecular flexibility index (Phi) is 5.25. The Hall–Kier alpha value is -1.65. The Morgan fingerprint density at radius 3 is 2.44 bits per heavy atom. The minimum absolute atomic E-state index is 0.0590. The van der Waals surface area contributed by atoms with Crippen molar-refractivity contribution in [3.63, 3.8) is 0 Å². The average molecular weight is 232 g/mol. The number of nitriles is 2. The molecule has 0 saturated heterocycles. The fourth-order valence-corrected chi connectivity index (χ4v) is 1.98. The van der Waals surface area contributed by atoms with Crippen LogP contribution in [0.4, 0.5) is 0 Å². The van der Waals surface area contributed by atoms with Crippen LogP contribution in [0.3, 0.4) is 0 Å². The van der Waals surface area contributed by atoms with Crippen LogP contribution in [0.25, 0.3) is 0 Å². The first kappa shape index (κ1) is 12.4. The molecule has 0 aliphatic heterocycles. The topological polar surface area (TPSA) is 56.8 Å². The Morgan fingerprint density at radius 1 is 1.25 bits per heavy atom. The third kappa shape index (κ3) is 3.49. The summed E-state index contributed by atoms with van der Waals surface area (Å²) in [5.41, 5.74) is 1.11. The zero-order valence-corrected chi connectivity index (χ0v) is 9.83. The maximum atomic E-state index is 8.68. The second-order valence-corrected chi connectivity index (χ2v) is 4.14. The normalized spacial score (nSPS) is 11.2. The summed E-state index contributed by atoms with van der Waals surface area (Å²) in [7, 11) is 0. The van der Waals surface area contributed by atoms with Crippen LogP contribution >= 0.6 is 11.8 Å². The molecule has 1 rings (SSSR count). The molecule has 4 heteroatoms. The molecule has 0 amide bonds. The van der Waals surface area contributed by atoms with Crippen molar-refractivity contribution < 1.29 is 4.74 Å². The molecule has 1 atom stereocenters. The summed E-state index contributed by atoms with van der Waals surface area (Å²) in [5.74, 6) is 0.683. The summed E-state index contributed by atoms with van der Waals surface area (Å²) in [6.07, 6.45) is 2.49. The van der Waals surface area contributed by atoms with Gasteiger partial charge in [-0.15, -0.1) is 0 Å². The van der Waals surface area contributed by atoms with E-state index in [-0.39, 0.29) is 11.9 Å². The highest BCUT2D eigenvalue weighted by Gasteiger charge is 2.09. The summed E-state index contributed by atoms with van der Waals surface area (Å²) in [6.45, 7) is 0.0590. The summed E-state index contributed by atoms with van der Waals surface area (Å²) < 4.78 is 5.15. The molecule has 0 aliphatic rings. The molecule has 1 unspecified atom stereocenters. The van der Waals surface area contributed by atoms with Gasteiger partial charge in [0, 0.05) is 5.25 Å². The van der Waals surface area contributed by atoms with Gasteiger partial charge in [-0.05, 0) is 24.0 Å². The standard InChI is InChI=1S/C12H12N2OS/c1-16-12(6-7-13)10-2-4-11(5-3-10)15-9-8-14/h2-5,12H,6,9H2,1H3. The number of benzene rings is 1. The second-order valence-electron chi connectivity index (χ2n) is 3.10. The van der Waals surface area contributed by atoms with Crippen molar-refractivity contribution in [1.29, 1.82) is 10.5 Å². The fourth-order valence-electron chi connectivity index (χ4n) is 1.31. The average Bonchev–Trinajstić information content (AvgIpc) is 2.34. The van der Waals surface area contributed by atoms with Gasteiger partial charge in [-0.3, -0.25) is 0 Å². The molecule has 82 valence electrons. The Bertz CT molecular complexity index is 403. The van der Waals surface area contributed by atoms with Gasteiger partial charge < -0.3 is 4.74 Å². The van der Waals surface area contributed by atoms with Crippen LogP contribution in [0, 0.1) is 22.7 Å². The largest absolute Gasteiger partial charge is 0.479 e. The van der Waals surface area contributed by atoms with E-state index >= 15 is 0 Å². The third-order valence-corrected chi connectivity index (χ3v) is 3.12. The molecule has 0 saturated carbocycles. The van der Waals surface area contributed by atoms with Gasteiger partial charge in [0.25, 0.3) is 0 Å². The predicted octanol–water partition coefficient (Wildman–Crippen LogP) is 2.91. The van der Waals surface area contributed by atoms with E-state index < -0.39 is 0 Å². The minimum atomic E-state index is 0.0590. The highest BCUT2D eigenvalue weighted by atomic mass is 32.2. The van der Waals surface area contributed by atoms with Gasteiger partial charge >= 0.3 is 0 Å². The zero-order chi connectivity index (χ0) is 11.8. The van der Waals surface area contributed by atoms with Crippen LogP contribution in [-0.4, -0.2) is 12.9 Å². The smallest absolute Gasteiger partial charge is 0.174 e. The molecular formula is C12H12N2OS. The van der Waals surface area contributed by atoms with Crippen LogP contribution in [-0.2, 0) is 0 Å². The van der Waals surface area contributed by atoms with Crippen molar-refractivity contribution in [2.24, 2.45) is 0 Å². The van der Waals surface area contributed by atoms with E-state index in [4.69, 9.17) is 15.3 Å². The van der Waals surface area contributed by atoms with Gasteiger partial charge in [-0.25, -0.2) is 0 Å². The highest BCUT2D eigenvalue weighted by molar-refractivity contribution is 7.98. The van der Waals surface area contributed by atoms with Crippen molar-refractivity contribution in [2.75, 3.05) is 12.9 Å². The lowest BCUT2D eigenvalue weighted by Crippen LogP contribution is -1.95. The van der Waals surface area contributed by atoms with Crippen LogP contribution in [0.1, 0.15) is 17.2 Å². The molecule has 0 fully saturated rings. The lowest BCUT2D eigenvalue weighted by molar-refractivity contribution is 0.368. The van der Waals surface area contributed by atoms with E-state index in [1.165, 1.54) is 0 Å². The molecule has 1 aromatic carbocycles. The number of hydrogen-bond donors (Lipinski definition) is 0. The first-order chi connectivity index (χ1) is 7.81. The van der Waals surface area contributed by atoms with E-state index in [0.29, 0.717) is 12.2 Å². The number of thioether (sulfide) groups is 1. The summed E-state index contributed by atoms with van der Waals surface area (Å²) >= 11 is 1.66. The van der Waals surface area contributed by atoms with E-state index in [9.17, 15) is 0 Å². The first-order valence-electron chi connectivity index (χ1n) is 4.81. The quantitative estimate of drug-likeness (QED) is 0.783. The van der Waals surface area contributed by atoms with Crippen LogP contribution in [0.15, 0.2) is 24.3 Å². The molecule has 16 heavy (non-hydrogen) atoms. The van der Waals surface area contributed by atoms with Crippen LogP contribution < -0.4 is 4.74 Å². The van der Waals surface area contributed by atoms with Crippen molar-refractivity contribution in [1.82, 2.24) is 0 Å². The van der Waals surface area contributed by atoms with Gasteiger partial charge in [-0.2, -0.15) is 22.3 Å². The van der Waals surface area contributed by atoms with Gasteiger partial charge in [0.05, 0.1) is 12.5 Å². The number of hydrogen-bond acceptors (Lipinski definition) is 4. The fraction of sp³-hybridized carbons (Fsp3) is 0.333. The van der Waals surface area contributed by atoms with Crippen molar-refractivity contribution in [3.8, 4) is 17.9 Å². The Labute approximate surface area is 99.6 Å². The van der Waals surface area contributed by atoms with E-state index in [2.05, 4.69) is 6.07 Å². The third-order valence-electron chi connectivity index (χ3n) is 2.12. The molecule has 3 nitrogen and oxygen atoms in total. The van der Waals surface area contributed by atoms with E-state index in [1.807, 2.05) is 36.6 Å². The molecule has 0 bridgehead atoms. The SMILES string of the molecule is CSC(CC#N)c1ccc(OCC#N)cc1. The van der Waals surface area contributed by atoms with Crippen LogP contribution in [0.5, 0.6) is 5.75 Å². The first-order valence-corrected chi connectivity index (χ1v) is 6.10. The highest BCUT2D eigenvalue weighted by Crippen LogP contribution is 2.30. The van der Waals surface area contributed by atoms with Crippen molar-refractivity contribution in [2.45, 2.75) is 11.7 Å². The lowest BCUT2D eigenvalue weighted by atomic mass is 10.1. The molecular weight excluding hydrogens is 220 g/mol. The molecule has 0 heterocycles. The Morgan fingerprint density at radius 2 is 1.94 bits per heavy atom. The molecule has 1 aromatic rings. The van der Waals surface area contributed by atoms with Crippen LogP contribution in [0.2, 0.25) is 0 Å². The monoisotopic (exact) mass is 232 g/mol. The molecule has 0 aromatic heterocycles. The maximum Gasteiger partial charge on any atom is 0.174 e. The molecule has 0 radical (unpaired) electrons. The van der Waals surface area contributed by atoms with Gasteiger partial charge in [0.2, 0.25) is 0 Å². The number of rotatable bonds is 5. The number of ether oxygens (including phenoxy) is 1. The predicted molar refractivity (Wildman–Crippen MR) is 64.0 cm³/mol. The van der Waals surface area contributed by atoms with Gasteiger partial charge in [0.15, 0.2) is 6.61 Å². The van der Waals surface area contributed by atoms with Gasteiger partial charge in [-0.1, -0.05) is 12.1 Å². The molecule has 0 spiro atoms. The summed E-state index contributed by atoms with van der Waals surface area (Å²) in [4.78, 5) is 0.